The van der Waals surface area contributed by atoms with Gasteiger partial charge in [-0.15, -0.1) is 23.1 Å². The number of nitrogens with one attached hydrogen (secondary N) is 1. The van der Waals surface area contributed by atoms with Crippen molar-refractivity contribution >= 4 is 34.1 Å². The maximum absolute atomic E-state index is 11.9. The molecule has 0 bridgehead atoms. The monoisotopic (exact) mass is 320 g/mol. The van der Waals surface area contributed by atoms with Crippen LogP contribution in [0.1, 0.15) is 28.1 Å². The first kappa shape index (κ1) is 16.0. The van der Waals surface area contributed by atoms with E-state index in [1.165, 1.54) is 27.4 Å². The molecule has 3 nitrogen and oxygen atoms in total. The van der Waals surface area contributed by atoms with Gasteiger partial charge in [0.25, 0.3) is 0 Å². The van der Waals surface area contributed by atoms with Crippen molar-refractivity contribution in [3.05, 3.63) is 39.9 Å². The highest BCUT2D eigenvalue weighted by molar-refractivity contribution is 7.99. The van der Waals surface area contributed by atoms with Gasteiger partial charge in [0.2, 0.25) is 5.91 Å². The Morgan fingerprint density at radius 3 is 2.62 bits per heavy atom. The lowest BCUT2D eigenvalue weighted by Gasteiger charge is -2.05. The summed E-state index contributed by atoms with van der Waals surface area (Å²) in [5.74, 6) is 0.803. The topological polar surface area (TPSA) is 42.0 Å². The summed E-state index contributed by atoms with van der Waals surface area (Å²) in [6, 6.07) is 6.41. The molecule has 0 unspecified atom stereocenters. The number of hydrogen-bond acceptors (Lipinski definition) is 4. The number of anilines is 1. The summed E-state index contributed by atoms with van der Waals surface area (Å²) in [6.45, 7) is 8.18. The summed E-state index contributed by atoms with van der Waals surface area (Å²) >= 11 is 3.24. The maximum Gasteiger partial charge on any atom is 0.226 e. The molecule has 0 radical (unpaired) electrons. The van der Waals surface area contributed by atoms with Gasteiger partial charge in [0, 0.05) is 21.9 Å². The SMILES string of the molecule is Cc1ccc(SCCC(=O)Nc2nc(C)c(C)s2)cc1C. The third kappa shape index (κ3) is 4.58. The fourth-order valence-corrected chi connectivity index (χ4v) is 3.55. The number of hydrogen-bond donors (Lipinski definition) is 1. The average Bonchev–Trinajstić information content (AvgIpc) is 2.72. The normalized spacial score (nSPS) is 10.7. The summed E-state index contributed by atoms with van der Waals surface area (Å²) in [7, 11) is 0. The van der Waals surface area contributed by atoms with Crippen LogP contribution >= 0.6 is 23.1 Å². The van der Waals surface area contributed by atoms with Crippen molar-refractivity contribution in [2.75, 3.05) is 11.1 Å². The van der Waals surface area contributed by atoms with Crippen LogP contribution in [0.3, 0.4) is 0 Å². The second-order valence-electron chi connectivity index (χ2n) is 5.05. The number of aromatic nitrogens is 1. The van der Waals surface area contributed by atoms with E-state index in [4.69, 9.17) is 0 Å². The number of aryl methyl sites for hydroxylation is 4. The quantitative estimate of drug-likeness (QED) is 0.825. The molecule has 0 fully saturated rings. The lowest BCUT2D eigenvalue weighted by molar-refractivity contribution is -0.115. The molecule has 2 aromatic rings. The molecule has 1 amide bonds. The summed E-state index contributed by atoms with van der Waals surface area (Å²) in [5, 5.41) is 3.57. The van der Waals surface area contributed by atoms with Gasteiger partial charge in [0.15, 0.2) is 5.13 Å². The molecule has 1 aromatic carbocycles. The molecule has 1 heterocycles. The van der Waals surface area contributed by atoms with Crippen LogP contribution in [0.15, 0.2) is 23.1 Å². The zero-order valence-electron chi connectivity index (χ0n) is 12.8. The Morgan fingerprint density at radius 2 is 2.00 bits per heavy atom. The first-order valence-corrected chi connectivity index (χ1v) is 8.70. The van der Waals surface area contributed by atoms with E-state index in [-0.39, 0.29) is 5.91 Å². The van der Waals surface area contributed by atoms with Gasteiger partial charge in [-0.05, 0) is 51.0 Å². The van der Waals surface area contributed by atoms with Gasteiger partial charge in [-0.1, -0.05) is 6.07 Å². The number of carbonyl (C=O) groups is 1. The van der Waals surface area contributed by atoms with Crippen molar-refractivity contribution in [1.29, 1.82) is 0 Å². The molecule has 1 N–H and O–H groups in total. The summed E-state index contributed by atoms with van der Waals surface area (Å²) in [5.41, 5.74) is 3.57. The zero-order valence-corrected chi connectivity index (χ0v) is 14.5. The van der Waals surface area contributed by atoms with Crippen LogP contribution in [-0.4, -0.2) is 16.6 Å². The van der Waals surface area contributed by atoms with E-state index in [1.54, 1.807) is 11.8 Å². The third-order valence-corrected chi connectivity index (χ3v) is 5.33. The largest absolute Gasteiger partial charge is 0.302 e. The average molecular weight is 320 g/mol. The molecular weight excluding hydrogens is 300 g/mol. The summed E-state index contributed by atoms with van der Waals surface area (Å²) < 4.78 is 0. The fourth-order valence-electron chi connectivity index (χ4n) is 1.77. The standard InChI is InChI=1S/C16H20N2OS2/c1-10-5-6-14(9-11(10)2)20-8-7-15(19)18-16-17-12(3)13(4)21-16/h5-6,9H,7-8H2,1-4H3,(H,17,18,19). The third-order valence-electron chi connectivity index (χ3n) is 3.35. The van der Waals surface area contributed by atoms with Crippen LogP contribution in [0, 0.1) is 27.7 Å². The number of carbonyl (C=O) groups excluding carboxylic acids is 1. The van der Waals surface area contributed by atoms with Crippen LogP contribution < -0.4 is 5.32 Å². The van der Waals surface area contributed by atoms with Crippen molar-refractivity contribution in [2.45, 2.75) is 39.0 Å². The van der Waals surface area contributed by atoms with Crippen LogP contribution in [0.5, 0.6) is 0 Å². The van der Waals surface area contributed by atoms with Gasteiger partial charge >= 0.3 is 0 Å². The minimum Gasteiger partial charge on any atom is -0.302 e. The van der Waals surface area contributed by atoms with E-state index in [2.05, 4.69) is 42.3 Å². The van der Waals surface area contributed by atoms with E-state index in [1.807, 2.05) is 13.8 Å². The number of amides is 1. The smallest absolute Gasteiger partial charge is 0.226 e. The van der Waals surface area contributed by atoms with E-state index >= 15 is 0 Å². The summed E-state index contributed by atoms with van der Waals surface area (Å²) in [6.07, 6.45) is 0.495. The van der Waals surface area contributed by atoms with Gasteiger partial charge in [-0.25, -0.2) is 4.98 Å². The molecule has 1 aromatic heterocycles. The molecule has 0 aliphatic heterocycles. The number of benzene rings is 1. The lowest BCUT2D eigenvalue weighted by Crippen LogP contribution is -2.11. The number of thiazole rings is 1. The van der Waals surface area contributed by atoms with Crippen LogP contribution in [0.2, 0.25) is 0 Å². The Bertz CT molecular complexity index is 630. The highest BCUT2D eigenvalue weighted by Crippen LogP contribution is 2.23. The molecule has 0 aliphatic carbocycles. The minimum atomic E-state index is 0.0279. The van der Waals surface area contributed by atoms with Crippen LogP contribution in [-0.2, 0) is 4.79 Å². The van der Waals surface area contributed by atoms with E-state index in [0.717, 1.165) is 16.3 Å². The van der Waals surface area contributed by atoms with Gasteiger partial charge in [-0.2, -0.15) is 0 Å². The Labute approximate surface area is 134 Å². The Morgan fingerprint density at radius 1 is 1.24 bits per heavy atom. The second kappa shape index (κ2) is 7.09. The Kier molecular flexibility index (Phi) is 5.42. The number of nitrogens with zero attached hydrogens (tertiary/aromatic N) is 1. The minimum absolute atomic E-state index is 0.0279. The molecule has 21 heavy (non-hydrogen) atoms. The first-order valence-electron chi connectivity index (χ1n) is 6.89. The maximum atomic E-state index is 11.9. The molecule has 0 saturated heterocycles. The highest BCUT2D eigenvalue weighted by atomic mass is 32.2. The summed E-state index contributed by atoms with van der Waals surface area (Å²) in [4.78, 5) is 18.6. The highest BCUT2D eigenvalue weighted by Gasteiger charge is 2.08. The molecule has 0 aliphatic rings. The molecule has 2 rings (SSSR count). The van der Waals surface area contributed by atoms with Gasteiger partial charge < -0.3 is 5.32 Å². The second-order valence-corrected chi connectivity index (χ2v) is 7.42. The number of thioether (sulfide) groups is 1. The molecule has 0 atom stereocenters. The van der Waals surface area contributed by atoms with Crippen LogP contribution in [0.25, 0.3) is 0 Å². The van der Waals surface area contributed by atoms with E-state index in [9.17, 15) is 4.79 Å². The zero-order chi connectivity index (χ0) is 15.4. The molecular formula is C16H20N2OS2. The molecule has 112 valence electrons. The predicted octanol–water partition coefficient (Wildman–Crippen LogP) is 4.50. The van der Waals surface area contributed by atoms with Crippen molar-refractivity contribution in [3.8, 4) is 0 Å². The van der Waals surface area contributed by atoms with Crippen molar-refractivity contribution in [3.63, 3.8) is 0 Å². The predicted molar refractivity (Wildman–Crippen MR) is 91.5 cm³/mol. The molecule has 0 spiro atoms. The van der Waals surface area contributed by atoms with Gasteiger partial charge in [0.1, 0.15) is 0 Å². The van der Waals surface area contributed by atoms with E-state index < -0.39 is 0 Å². The molecule has 0 saturated carbocycles. The van der Waals surface area contributed by atoms with Gasteiger partial charge in [-0.3, -0.25) is 4.79 Å². The Hall–Kier alpha value is -1.33. The van der Waals surface area contributed by atoms with Gasteiger partial charge in [0.05, 0.1) is 5.69 Å². The first-order chi connectivity index (χ1) is 9.95. The lowest BCUT2D eigenvalue weighted by atomic mass is 10.1. The Balaban J connectivity index is 1.80. The number of rotatable bonds is 5. The fraction of sp³-hybridized carbons (Fsp3) is 0.375. The van der Waals surface area contributed by atoms with Crippen molar-refractivity contribution in [1.82, 2.24) is 4.98 Å². The van der Waals surface area contributed by atoms with Crippen molar-refractivity contribution in [2.24, 2.45) is 0 Å². The molecule has 5 heteroatoms. The van der Waals surface area contributed by atoms with Crippen molar-refractivity contribution < 1.29 is 4.79 Å². The van der Waals surface area contributed by atoms with E-state index in [0.29, 0.717) is 11.6 Å². The van der Waals surface area contributed by atoms with Crippen LogP contribution in [0.4, 0.5) is 5.13 Å².